The highest BCUT2D eigenvalue weighted by atomic mass is 35.5. The zero-order valence-electron chi connectivity index (χ0n) is 17.7. The molecule has 0 fully saturated rings. The lowest BCUT2D eigenvalue weighted by Crippen LogP contribution is -2.12. The van der Waals surface area contributed by atoms with E-state index in [9.17, 15) is 9.59 Å². The molecule has 0 unspecified atom stereocenters. The van der Waals surface area contributed by atoms with Crippen LogP contribution < -0.4 is 5.32 Å². The molecule has 4 aromatic rings. The summed E-state index contributed by atoms with van der Waals surface area (Å²) >= 11 is 6.11. The van der Waals surface area contributed by atoms with Crippen molar-refractivity contribution in [1.82, 2.24) is 0 Å². The number of hydrogen-bond donors (Lipinski definition) is 1. The second kappa shape index (κ2) is 8.89. The SMILES string of the molecule is O=C(/C=C/c1cccc(NC(=O)c2ccccc2Cl)c1)c1ccc2c(c1)-c1ccccc1C2. The number of allylic oxidation sites excluding steroid dienone is 1. The minimum absolute atomic E-state index is 0.0623. The monoisotopic (exact) mass is 449 g/mol. The van der Waals surface area contributed by atoms with Crippen LogP contribution in [0.4, 0.5) is 5.69 Å². The van der Waals surface area contributed by atoms with Crippen molar-refractivity contribution in [3.05, 3.63) is 130 Å². The van der Waals surface area contributed by atoms with Gasteiger partial charge in [-0.2, -0.15) is 0 Å². The van der Waals surface area contributed by atoms with Gasteiger partial charge in [0.05, 0.1) is 10.6 Å². The first-order valence-corrected chi connectivity index (χ1v) is 11.1. The maximum Gasteiger partial charge on any atom is 0.257 e. The normalized spacial score (nSPS) is 11.8. The molecule has 5 rings (SSSR count). The van der Waals surface area contributed by atoms with Crippen LogP contribution in [0.2, 0.25) is 5.02 Å². The summed E-state index contributed by atoms with van der Waals surface area (Å²) in [6.45, 7) is 0. The molecule has 0 spiro atoms. The zero-order chi connectivity index (χ0) is 22.8. The van der Waals surface area contributed by atoms with Crippen LogP contribution in [0, 0.1) is 0 Å². The van der Waals surface area contributed by atoms with Crippen molar-refractivity contribution >= 4 is 35.1 Å². The van der Waals surface area contributed by atoms with Crippen molar-refractivity contribution in [3.63, 3.8) is 0 Å². The molecular formula is C29H20ClNO2. The number of rotatable bonds is 5. The molecule has 3 nitrogen and oxygen atoms in total. The zero-order valence-corrected chi connectivity index (χ0v) is 18.5. The van der Waals surface area contributed by atoms with E-state index < -0.39 is 0 Å². The number of ketones is 1. The smallest absolute Gasteiger partial charge is 0.257 e. The van der Waals surface area contributed by atoms with Crippen molar-refractivity contribution in [2.45, 2.75) is 6.42 Å². The number of hydrogen-bond acceptors (Lipinski definition) is 2. The molecule has 160 valence electrons. The van der Waals surface area contributed by atoms with Gasteiger partial charge in [-0.1, -0.05) is 78.3 Å². The molecule has 0 bridgehead atoms. The molecule has 0 atom stereocenters. The Kier molecular flexibility index (Phi) is 5.64. The van der Waals surface area contributed by atoms with Crippen LogP contribution in [0.15, 0.2) is 97.1 Å². The molecular weight excluding hydrogens is 430 g/mol. The maximum absolute atomic E-state index is 12.8. The molecule has 0 saturated carbocycles. The van der Waals surface area contributed by atoms with Crippen LogP contribution in [-0.4, -0.2) is 11.7 Å². The molecule has 1 aliphatic rings. The van der Waals surface area contributed by atoms with Gasteiger partial charge in [0.2, 0.25) is 0 Å². The average molecular weight is 450 g/mol. The summed E-state index contributed by atoms with van der Waals surface area (Å²) in [6.07, 6.45) is 4.23. The van der Waals surface area contributed by atoms with Gasteiger partial charge in [-0.05, 0) is 70.6 Å². The van der Waals surface area contributed by atoms with E-state index in [4.69, 9.17) is 11.6 Å². The van der Waals surface area contributed by atoms with Crippen LogP contribution in [-0.2, 0) is 6.42 Å². The van der Waals surface area contributed by atoms with Gasteiger partial charge in [0.25, 0.3) is 5.91 Å². The topological polar surface area (TPSA) is 46.2 Å². The van der Waals surface area contributed by atoms with Crippen LogP contribution in [0.1, 0.15) is 37.4 Å². The molecule has 4 aromatic carbocycles. The summed E-state index contributed by atoms with van der Waals surface area (Å²) in [6, 6.07) is 28.5. The first kappa shape index (κ1) is 20.9. The van der Waals surface area contributed by atoms with Gasteiger partial charge >= 0.3 is 0 Å². The summed E-state index contributed by atoms with van der Waals surface area (Å²) < 4.78 is 0. The number of fused-ring (bicyclic) bond motifs is 3. The molecule has 1 aliphatic carbocycles. The van der Waals surface area contributed by atoms with Crippen molar-refractivity contribution in [2.75, 3.05) is 5.32 Å². The number of benzene rings is 4. The van der Waals surface area contributed by atoms with E-state index in [0.717, 1.165) is 17.5 Å². The largest absolute Gasteiger partial charge is 0.322 e. The van der Waals surface area contributed by atoms with Crippen LogP contribution in [0.5, 0.6) is 0 Å². The van der Waals surface area contributed by atoms with Crippen LogP contribution in [0.25, 0.3) is 17.2 Å². The molecule has 0 radical (unpaired) electrons. The highest BCUT2D eigenvalue weighted by molar-refractivity contribution is 6.34. The number of nitrogens with one attached hydrogen (secondary N) is 1. The molecule has 0 saturated heterocycles. The third-order valence-electron chi connectivity index (χ3n) is 5.77. The second-order valence-corrected chi connectivity index (χ2v) is 8.37. The fourth-order valence-electron chi connectivity index (χ4n) is 4.11. The lowest BCUT2D eigenvalue weighted by molar-refractivity contribution is 0.102. The predicted molar refractivity (Wildman–Crippen MR) is 134 cm³/mol. The van der Waals surface area contributed by atoms with E-state index in [2.05, 4.69) is 17.4 Å². The van der Waals surface area contributed by atoms with Crippen molar-refractivity contribution in [1.29, 1.82) is 0 Å². The van der Waals surface area contributed by atoms with E-state index >= 15 is 0 Å². The van der Waals surface area contributed by atoms with Crippen molar-refractivity contribution < 1.29 is 9.59 Å². The molecule has 1 amide bonds. The third-order valence-corrected chi connectivity index (χ3v) is 6.10. The number of carbonyl (C=O) groups excluding carboxylic acids is 2. The standard InChI is InChI=1S/C29H20ClNO2/c30-27-11-4-3-10-25(27)29(33)31-23-8-5-6-19(16-23)12-15-28(32)22-14-13-21-17-20-7-1-2-9-24(20)26(21)18-22/h1-16,18H,17H2,(H,31,33)/b15-12+. The minimum Gasteiger partial charge on any atom is -0.322 e. The Labute approximate surface area is 197 Å². The van der Waals surface area contributed by atoms with Gasteiger partial charge in [0.15, 0.2) is 5.78 Å². The Hall–Kier alpha value is -3.95. The number of carbonyl (C=O) groups is 2. The minimum atomic E-state index is -0.281. The van der Waals surface area contributed by atoms with Gasteiger partial charge in [-0.15, -0.1) is 0 Å². The Bertz CT molecular complexity index is 1420. The molecule has 33 heavy (non-hydrogen) atoms. The molecule has 4 heteroatoms. The van der Waals surface area contributed by atoms with Gasteiger partial charge < -0.3 is 5.32 Å². The highest BCUT2D eigenvalue weighted by Gasteiger charge is 2.19. The number of anilines is 1. The van der Waals surface area contributed by atoms with Gasteiger partial charge in [0.1, 0.15) is 0 Å². The van der Waals surface area contributed by atoms with Crippen LogP contribution >= 0.6 is 11.6 Å². The highest BCUT2D eigenvalue weighted by Crippen LogP contribution is 2.36. The van der Waals surface area contributed by atoms with Crippen molar-refractivity contribution in [2.24, 2.45) is 0 Å². The van der Waals surface area contributed by atoms with Crippen molar-refractivity contribution in [3.8, 4) is 11.1 Å². The first-order valence-electron chi connectivity index (χ1n) is 10.7. The Balaban J connectivity index is 1.32. The first-order chi connectivity index (χ1) is 16.1. The summed E-state index contributed by atoms with van der Waals surface area (Å²) in [5, 5.41) is 3.25. The van der Waals surface area contributed by atoms with Gasteiger partial charge in [0, 0.05) is 11.3 Å². The van der Waals surface area contributed by atoms with E-state index in [0.29, 0.717) is 21.8 Å². The van der Waals surface area contributed by atoms with E-state index in [-0.39, 0.29) is 11.7 Å². The third kappa shape index (κ3) is 4.36. The maximum atomic E-state index is 12.8. The second-order valence-electron chi connectivity index (χ2n) is 7.96. The Morgan fingerprint density at radius 3 is 2.45 bits per heavy atom. The summed E-state index contributed by atoms with van der Waals surface area (Å²) in [7, 11) is 0. The lowest BCUT2D eigenvalue weighted by atomic mass is 10.0. The summed E-state index contributed by atoms with van der Waals surface area (Å²) in [5.41, 5.74) is 7.39. The average Bonchev–Trinajstić information content (AvgIpc) is 3.21. The van der Waals surface area contributed by atoms with E-state index in [1.807, 2.05) is 48.5 Å². The molecule has 0 aliphatic heterocycles. The fourth-order valence-corrected chi connectivity index (χ4v) is 4.33. The molecule has 0 aromatic heterocycles. The summed E-state index contributed by atoms with van der Waals surface area (Å²) in [4.78, 5) is 25.4. The molecule has 0 heterocycles. The predicted octanol–water partition coefficient (Wildman–Crippen LogP) is 7.06. The fraction of sp³-hybridized carbons (Fsp3) is 0.0345. The Morgan fingerprint density at radius 2 is 1.58 bits per heavy atom. The van der Waals surface area contributed by atoms with Gasteiger partial charge in [-0.3, -0.25) is 9.59 Å². The number of halogens is 1. The quantitative estimate of drug-likeness (QED) is 0.230. The summed E-state index contributed by atoms with van der Waals surface area (Å²) in [5.74, 6) is -0.344. The van der Waals surface area contributed by atoms with E-state index in [1.165, 1.54) is 16.7 Å². The van der Waals surface area contributed by atoms with E-state index in [1.54, 1.807) is 42.5 Å². The number of amides is 1. The van der Waals surface area contributed by atoms with Crippen LogP contribution in [0.3, 0.4) is 0 Å². The van der Waals surface area contributed by atoms with Gasteiger partial charge in [-0.25, -0.2) is 0 Å². The Morgan fingerprint density at radius 1 is 0.788 bits per heavy atom. The molecule has 1 N–H and O–H groups in total. The lowest BCUT2D eigenvalue weighted by Gasteiger charge is -2.07.